The first-order chi connectivity index (χ1) is 25.4. The first-order valence-electron chi connectivity index (χ1n) is 18.2. The van der Waals surface area contributed by atoms with Crippen LogP contribution in [0.3, 0.4) is 0 Å². The van der Waals surface area contributed by atoms with Crippen LogP contribution in [-0.2, 0) is 14.3 Å². The van der Waals surface area contributed by atoms with Gasteiger partial charge in [-0.05, 0) is 44.6 Å². The minimum Gasteiger partial charge on any atom is -0.507 e. The number of rotatable bonds is 1. The van der Waals surface area contributed by atoms with Crippen molar-refractivity contribution >= 4 is 39.5 Å². The number of hydrogen-bond acceptors (Lipinski definition) is 12. The molecule has 4 bridgehead atoms. The Bertz CT molecular complexity index is 2030. The molecule has 0 radical (unpaired) electrons. The Balaban J connectivity index is 1.54. The van der Waals surface area contributed by atoms with Gasteiger partial charge in [0, 0.05) is 60.4 Å². The third kappa shape index (κ3) is 6.32. The third-order valence-corrected chi connectivity index (χ3v) is 11.5. The molecule has 4 heterocycles. The van der Waals surface area contributed by atoms with Crippen LogP contribution in [0.4, 0.5) is 17.1 Å². The molecule has 0 saturated carbocycles. The summed E-state index contributed by atoms with van der Waals surface area (Å²) < 4.78 is 17.9. The Morgan fingerprint density at radius 1 is 0.889 bits per heavy atom. The Morgan fingerprint density at radius 3 is 2.24 bits per heavy atom. The number of nitrogens with one attached hydrogen (secondary N) is 2. The summed E-state index contributed by atoms with van der Waals surface area (Å²) in [6.07, 6.45) is 9.07. The summed E-state index contributed by atoms with van der Waals surface area (Å²) in [5.74, 6) is -6.04. The van der Waals surface area contributed by atoms with E-state index in [2.05, 4.69) is 10.6 Å². The van der Waals surface area contributed by atoms with Crippen LogP contribution >= 0.6 is 0 Å². The second-order valence-electron chi connectivity index (χ2n) is 15.2. The number of anilines is 3. The van der Waals surface area contributed by atoms with E-state index in [9.17, 15) is 35.1 Å². The number of Topliss-reactive ketones (excluding diaryl/α,β-unsaturated/α-hetero) is 1. The van der Waals surface area contributed by atoms with Crippen molar-refractivity contribution in [1.82, 2.24) is 0 Å². The van der Waals surface area contributed by atoms with Crippen molar-refractivity contribution < 1.29 is 49.3 Å². The molecule has 10 atom stereocenters. The zero-order chi connectivity index (χ0) is 39.5. The number of ketones is 1. The zero-order valence-corrected chi connectivity index (χ0v) is 32.0. The number of nitrogens with zero attached hydrogens (tertiary/aromatic N) is 1. The first kappa shape index (κ1) is 38.9. The molecule has 2 aromatic rings. The van der Waals surface area contributed by atoms with Crippen LogP contribution in [-0.4, -0.2) is 80.7 Å². The van der Waals surface area contributed by atoms with Gasteiger partial charge in [-0.3, -0.25) is 9.59 Å². The molecule has 0 aliphatic carbocycles. The number of ether oxygens (including phenoxy) is 3. The molecule has 3 unspecified atom stereocenters. The van der Waals surface area contributed by atoms with Gasteiger partial charge in [-0.2, -0.15) is 0 Å². The minimum absolute atomic E-state index is 0.0203. The molecule has 290 valence electrons. The summed E-state index contributed by atoms with van der Waals surface area (Å²) in [4.78, 5) is 30.0. The van der Waals surface area contributed by atoms with E-state index in [1.807, 2.05) is 24.0 Å². The molecule has 0 aromatic heterocycles. The van der Waals surface area contributed by atoms with Crippen molar-refractivity contribution in [3.05, 3.63) is 71.2 Å². The molecule has 54 heavy (non-hydrogen) atoms. The van der Waals surface area contributed by atoms with Gasteiger partial charge in [-0.1, -0.05) is 45.9 Å². The fourth-order valence-corrected chi connectivity index (χ4v) is 7.88. The number of hydrogen-bond donors (Lipinski definition) is 7. The maximum atomic E-state index is 14.5. The Morgan fingerprint density at radius 2 is 1.56 bits per heavy atom. The number of benzene rings is 2. The average molecular weight is 746 g/mol. The van der Waals surface area contributed by atoms with E-state index in [1.165, 1.54) is 20.3 Å². The van der Waals surface area contributed by atoms with E-state index in [4.69, 9.17) is 14.2 Å². The predicted molar refractivity (Wildman–Crippen MR) is 205 cm³/mol. The minimum atomic E-state index is -1.91. The smallest absolute Gasteiger partial charge is 0.312 e. The topological polar surface area (TPSA) is 190 Å². The van der Waals surface area contributed by atoms with E-state index in [1.54, 1.807) is 72.0 Å². The molecule has 13 heteroatoms. The maximum absolute atomic E-state index is 14.5. The maximum Gasteiger partial charge on any atom is 0.312 e. The third-order valence-electron chi connectivity index (χ3n) is 11.5. The van der Waals surface area contributed by atoms with Crippen LogP contribution in [0.2, 0.25) is 0 Å². The largest absolute Gasteiger partial charge is 0.507 e. The summed E-state index contributed by atoms with van der Waals surface area (Å²) in [5.41, 5.74) is 2.26. The second kappa shape index (κ2) is 14.4. The van der Waals surface area contributed by atoms with Gasteiger partial charge in [0.2, 0.25) is 0 Å². The molecule has 6 rings (SSSR count). The van der Waals surface area contributed by atoms with E-state index >= 15 is 0 Å². The van der Waals surface area contributed by atoms with Crippen LogP contribution in [0.5, 0.6) is 17.2 Å². The van der Waals surface area contributed by atoms with Gasteiger partial charge in [-0.25, -0.2) is 0 Å². The SMILES string of the molecule is CO[C@H]1/C=C/O[C@@]2(C)Oc3c(C)c(O)c4c(O)c(c5c(c4c3C2=O)NC2C=C(C)C=CN52)NC(=O)/C(C)=C\C=C\[C@H](C)C(O)[C@@H](C)[C@@H](O)[C@@H](C)C(O)[C@@H]1C. The fraction of sp³-hybridized carbons (Fsp3) is 0.463. The normalized spacial score (nSPS) is 35.0. The van der Waals surface area contributed by atoms with Crippen molar-refractivity contribution in [2.45, 2.75) is 91.8 Å². The first-order valence-corrected chi connectivity index (χ1v) is 18.2. The van der Waals surface area contributed by atoms with Gasteiger partial charge in [0.1, 0.15) is 23.4 Å². The summed E-state index contributed by atoms with van der Waals surface area (Å²) in [5, 5.41) is 63.9. The molecule has 0 spiro atoms. The highest BCUT2D eigenvalue weighted by Crippen LogP contribution is 2.59. The lowest BCUT2D eigenvalue weighted by molar-refractivity contribution is -0.112. The van der Waals surface area contributed by atoms with Crippen molar-refractivity contribution in [3.63, 3.8) is 0 Å². The van der Waals surface area contributed by atoms with Crippen LogP contribution in [0.25, 0.3) is 10.8 Å². The molecule has 0 fully saturated rings. The Hall–Kier alpha value is -4.82. The average Bonchev–Trinajstić information content (AvgIpc) is 3.64. The zero-order valence-electron chi connectivity index (χ0n) is 32.0. The molecular weight excluding hydrogens is 694 g/mol. The van der Waals surface area contributed by atoms with E-state index in [-0.39, 0.29) is 44.7 Å². The molecule has 7 N–H and O–H groups in total. The number of allylic oxidation sites excluding steroid dienone is 4. The molecule has 4 aliphatic rings. The van der Waals surface area contributed by atoms with Gasteiger partial charge in [0.25, 0.3) is 11.7 Å². The molecule has 13 nitrogen and oxygen atoms in total. The van der Waals surface area contributed by atoms with E-state index in [0.717, 1.165) is 5.57 Å². The Kier molecular flexibility index (Phi) is 10.4. The highest BCUT2D eigenvalue weighted by molar-refractivity contribution is 6.27. The lowest BCUT2D eigenvalue weighted by atomic mass is 9.78. The second-order valence-corrected chi connectivity index (χ2v) is 15.2. The lowest BCUT2D eigenvalue weighted by Gasteiger charge is -2.36. The number of amides is 1. The van der Waals surface area contributed by atoms with Crippen molar-refractivity contribution in [2.24, 2.45) is 23.7 Å². The van der Waals surface area contributed by atoms with Gasteiger partial charge in [-0.15, -0.1) is 0 Å². The van der Waals surface area contributed by atoms with E-state index in [0.29, 0.717) is 11.4 Å². The number of phenolic OH excluding ortho intramolecular Hbond substituents is 2. The van der Waals surface area contributed by atoms with Crippen LogP contribution in [0, 0.1) is 30.6 Å². The van der Waals surface area contributed by atoms with Crippen molar-refractivity contribution in [2.75, 3.05) is 22.6 Å². The van der Waals surface area contributed by atoms with Crippen molar-refractivity contribution in [3.8, 4) is 17.2 Å². The number of carbonyl (C=O) groups excluding carboxylic acids is 2. The number of phenols is 2. The van der Waals surface area contributed by atoms with E-state index < -0.39 is 77.5 Å². The predicted octanol–water partition coefficient (Wildman–Crippen LogP) is 5.51. The van der Waals surface area contributed by atoms with Gasteiger partial charge >= 0.3 is 5.79 Å². The van der Waals surface area contributed by atoms with Gasteiger partial charge < -0.3 is 55.3 Å². The van der Waals surface area contributed by atoms with Crippen LogP contribution < -0.4 is 20.3 Å². The fourth-order valence-electron chi connectivity index (χ4n) is 7.88. The molecular formula is C41H51N3O10. The number of aromatic hydroxyl groups is 2. The van der Waals surface area contributed by atoms with Gasteiger partial charge in [0.05, 0.1) is 53.0 Å². The van der Waals surface area contributed by atoms with Crippen LogP contribution in [0.1, 0.15) is 64.4 Å². The van der Waals surface area contributed by atoms with Gasteiger partial charge in [0.15, 0.2) is 5.75 Å². The highest BCUT2D eigenvalue weighted by atomic mass is 16.7. The Labute approximate surface area is 314 Å². The molecule has 1 amide bonds. The number of fused-ring (bicyclic) bond motifs is 2. The summed E-state index contributed by atoms with van der Waals surface area (Å²) >= 11 is 0. The monoisotopic (exact) mass is 745 g/mol. The molecule has 2 aromatic carbocycles. The summed E-state index contributed by atoms with van der Waals surface area (Å²) in [6.45, 7) is 13.5. The van der Waals surface area contributed by atoms with Crippen molar-refractivity contribution in [1.29, 1.82) is 0 Å². The highest BCUT2D eigenvalue weighted by Gasteiger charge is 2.50. The summed E-state index contributed by atoms with van der Waals surface area (Å²) in [6, 6.07) is 0. The molecule has 0 saturated heterocycles. The number of aliphatic hydroxyl groups is 3. The number of carbonyl (C=O) groups is 2. The van der Waals surface area contributed by atoms with Crippen LogP contribution in [0.15, 0.2) is 60.1 Å². The molecule has 4 aliphatic heterocycles. The summed E-state index contributed by atoms with van der Waals surface area (Å²) in [7, 11) is 1.47. The standard InChI is InChI=1S/C41H51N3O10/c1-18-13-15-44-26(17-18)42-30-27-28-36(48)24(7)38-29(27)39(50)41(8,54-38)53-16-14-25(52-9)21(4)34(46)23(6)35(47)22(5)33(45)19(2)11-10-12-20(3)40(51)43-31(32(30)44)37(28)49/h10-17,19,21-23,25-26,33-35,42,45-49H,1-9H3,(H,43,51)/b11-10+,16-14+,20-12-/t19-,21+,22+,23-,25-,26?,33?,34?,35+,41-/m0/s1. The number of aliphatic hydroxyl groups excluding tert-OH is 3. The lowest BCUT2D eigenvalue weighted by Crippen LogP contribution is -2.44. The number of methoxy groups -OCH3 is 1. The quantitative estimate of drug-likeness (QED) is 0.143.